The Labute approximate surface area is 139 Å². The number of thiophene rings is 1. The predicted molar refractivity (Wildman–Crippen MR) is 88.8 cm³/mol. The van der Waals surface area contributed by atoms with Crippen LogP contribution in [0.15, 0.2) is 24.3 Å². The van der Waals surface area contributed by atoms with Crippen LogP contribution in [0, 0.1) is 11.3 Å². The van der Waals surface area contributed by atoms with E-state index in [0.717, 1.165) is 23.5 Å². The minimum Gasteiger partial charge on any atom is -0.497 e. The molecule has 0 saturated heterocycles. The van der Waals surface area contributed by atoms with Crippen LogP contribution >= 0.6 is 11.3 Å². The number of hydrogen-bond donors (Lipinski definition) is 0. The van der Waals surface area contributed by atoms with Gasteiger partial charge in [0, 0.05) is 11.3 Å². The van der Waals surface area contributed by atoms with E-state index in [2.05, 4.69) is 12.1 Å². The largest absolute Gasteiger partial charge is 0.497 e. The fourth-order valence-electron chi connectivity index (χ4n) is 2.72. The second-order valence-electron chi connectivity index (χ2n) is 5.39. The molecule has 118 valence electrons. The number of rotatable bonds is 5. The summed E-state index contributed by atoms with van der Waals surface area (Å²) in [5, 5.41) is 8.49. The molecule has 0 amide bonds. The minimum absolute atomic E-state index is 0.294. The van der Waals surface area contributed by atoms with Gasteiger partial charge in [-0.2, -0.15) is 5.26 Å². The first-order chi connectivity index (χ1) is 11.2. The van der Waals surface area contributed by atoms with E-state index in [1.807, 2.05) is 18.2 Å². The Kier molecular flexibility index (Phi) is 4.63. The zero-order chi connectivity index (χ0) is 16.2. The quantitative estimate of drug-likeness (QED) is 0.615. The first-order valence-electron chi connectivity index (χ1n) is 7.57. The number of nitriles is 1. The average molecular weight is 327 g/mol. The minimum atomic E-state index is -0.294. The van der Waals surface area contributed by atoms with Crippen molar-refractivity contribution >= 4 is 17.3 Å². The zero-order valence-electron chi connectivity index (χ0n) is 12.9. The lowest BCUT2D eigenvalue weighted by Crippen LogP contribution is -2.04. The van der Waals surface area contributed by atoms with Gasteiger partial charge in [0.2, 0.25) is 0 Å². The maximum absolute atomic E-state index is 12.1. The SMILES string of the molecule is COc1ccc2c(c1)CCc1cc(C(=O)OCCCC#N)sc1-2. The van der Waals surface area contributed by atoms with Crippen molar-refractivity contribution in [3.63, 3.8) is 0 Å². The Morgan fingerprint density at radius 1 is 1.30 bits per heavy atom. The molecule has 0 radical (unpaired) electrons. The van der Waals surface area contributed by atoms with Crippen molar-refractivity contribution < 1.29 is 14.3 Å². The zero-order valence-corrected chi connectivity index (χ0v) is 13.7. The fourth-order valence-corrected chi connectivity index (χ4v) is 3.89. The summed E-state index contributed by atoms with van der Waals surface area (Å²) >= 11 is 1.48. The fraction of sp³-hybridized carbons (Fsp3) is 0.333. The number of nitrogens with zero attached hydrogens (tertiary/aromatic N) is 1. The first-order valence-corrected chi connectivity index (χ1v) is 8.38. The normalized spacial score (nSPS) is 12.0. The lowest BCUT2D eigenvalue weighted by Gasteiger charge is -2.16. The Hall–Kier alpha value is -2.32. The predicted octanol–water partition coefficient (Wildman–Crippen LogP) is 3.98. The van der Waals surface area contributed by atoms with E-state index in [4.69, 9.17) is 14.7 Å². The van der Waals surface area contributed by atoms with Crippen LogP contribution < -0.4 is 4.74 Å². The van der Waals surface area contributed by atoms with E-state index < -0.39 is 0 Å². The van der Waals surface area contributed by atoms with Crippen molar-refractivity contribution in [3.8, 4) is 22.3 Å². The third-order valence-electron chi connectivity index (χ3n) is 3.90. The van der Waals surface area contributed by atoms with Gasteiger partial charge in [-0.1, -0.05) is 0 Å². The van der Waals surface area contributed by atoms with Crippen LogP contribution in [0.5, 0.6) is 5.75 Å². The Morgan fingerprint density at radius 2 is 2.13 bits per heavy atom. The van der Waals surface area contributed by atoms with E-state index in [1.54, 1.807) is 7.11 Å². The third-order valence-corrected chi connectivity index (χ3v) is 5.09. The molecule has 1 aromatic heterocycles. The number of esters is 1. The summed E-state index contributed by atoms with van der Waals surface area (Å²) in [6.45, 7) is 0.294. The average Bonchev–Trinajstić information content (AvgIpc) is 3.02. The van der Waals surface area contributed by atoms with Crippen molar-refractivity contribution in [2.75, 3.05) is 13.7 Å². The monoisotopic (exact) mass is 327 g/mol. The molecule has 4 nitrogen and oxygen atoms in total. The molecule has 1 aromatic carbocycles. The maximum atomic E-state index is 12.1. The second kappa shape index (κ2) is 6.84. The van der Waals surface area contributed by atoms with Gasteiger partial charge in [0.15, 0.2) is 0 Å². The Morgan fingerprint density at radius 3 is 2.91 bits per heavy atom. The van der Waals surface area contributed by atoms with Crippen LogP contribution in [0.1, 0.15) is 33.6 Å². The highest BCUT2D eigenvalue weighted by atomic mass is 32.1. The first kappa shape index (κ1) is 15.6. The van der Waals surface area contributed by atoms with Crippen LogP contribution in [-0.4, -0.2) is 19.7 Å². The molecule has 1 aliphatic carbocycles. The molecule has 0 aliphatic heterocycles. The number of ether oxygens (including phenoxy) is 2. The summed E-state index contributed by atoms with van der Waals surface area (Å²) in [7, 11) is 1.67. The van der Waals surface area contributed by atoms with Gasteiger partial charge in [-0.15, -0.1) is 11.3 Å². The number of hydrogen-bond acceptors (Lipinski definition) is 5. The molecule has 2 aromatic rings. The van der Waals surface area contributed by atoms with Crippen LogP contribution in [0.3, 0.4) is 0 Å². The van der Waals surface area contributed by atoms with E-state index in [-0.39, 0.29) is 5.97 Å². The van der Waals surface area contributed by atoms with Crippen LogP contribution in [0.25, 0.3) is 10.4 Å². The number of methoxy groups -OCH3 is 1. The second-order valence-corrected chi connectivity index (χ2v) is 6.44. The van der Waals surface area contributed by atoms with Crippen molar-refractivity contribution in [2.24, 2.45) is 0 Å². The molecule has 1 aliphatic rings. The van der Waals surface area contributed by atoms with Gasteiger partial charge in [-0.3, -0.25) is 0 Å². The van der Waals surface area contributed by atoms with Gasteiger partial charge < -0.3 is 9.47 Å². The summed E-state index contributed by atoms with van der Waals surface area (Å²) in [5.74, 6) is 0.568. The molecule has 0 fully saturated rings. The molecule has 0 unspecified atom stereocenters. The van der Waals surface area contributed by atoms with Gasteiger partial charge in [-0.05, 0) is 60.2 Å². The summed E-state index contributed by atoms with van der Waals surface area (Å²) in [6.07, 6.45) is 2.86. The van der Waals surface area contributed by atoms with Crippen LogP contribution in [0.2, 0.25) is 0 Å². The summed E-state index contributed by atoms with van der Waals surface area (Å²) in [5.41, 5.74) is 3.64. The number of unbranched alkanes of at least 4 members (excludes halogenated alkanes) is 1. The number of carbonyl (C=O) groups is 1. The maximum Gasteiger partial charge on any atom is 0.348 e. The number of benzene rings is 1. The van der Waals surface area contributed by atoms with Gasteiger partial charge >= 0.3 is 5.97 Å². The lowest BCUT2D eigenvalue weighted by atomic mass is 9.91. The van der Waals surface area contributed by atoms with Gasteiger partial charge in [0.25, 0.3) is 0 Å². The third kappa shape index (κ3) is 3.22. The summed E-state index contributed by atoms with van der Waals surface area (Å²) in [6, 6.07) is 10.1. The summed E-state index contributed by atoms with van der Waals surface area (Å²) in [4.78, 5) is 13.9. The molecule has 0 spiro atoms. The molecule has 0 saturated carbocycles. The topological polar surface area (TPSA) is 59.3 Å². The van der Waals surface area contributed by atoms with E-state index >= 15 is 0 Å². The number of fused-ring (bicyclic) bond motifs is 3. The highest BCUT2D eigenvalue weighted by Crippen LogP contribution is 2.40. The molecule has 0 bridgehead atoms. The highest BCUT2D eigenvalue weighted by Gasteiger charge is 2.22. The molecule has 3 rings (SSSR count). The lowest BCUT2D eigenvalue weighted by molar-refractivity contribution is 0.0507. The van der Waals surface area contributed by atoms with Gasteiger partial charge in [-0.25, -0.2) is 4.79 Å². The molecule has 5 heteroatoms. The van der Waals surface area contributed by atoms with Crippen molar-refractivity contribution in [1.82, 2.24) is 0 Å². The van der Waals surface area contributed by atoms with Crippen LogP contribution in [-0.2, 0) is 17.6 Å². The van der Waals surface area contributed by atoms with Crippen molar-refractivity contribution in [1.29, 1.82) is 5.26 Å². The molecule has 0 N–H and O–H groups in total. The van der Waals surface area contributed by atoms with Gasteiger partial charge in [0.05, 0.1) is 19.8 Å². The Bertz CT molecular complexity index is 773. The molecule has 0 atom stereocenters. The van der Waals surface area contributed by atoms with Gasteiger partial charge in [0.1, 0.15) is 10.6 Å². The summed E-state index contributed by atoms with van der Waals surface area (Å²) < 4.78 is 10.5. The Balaban J connectivity index is 1.80. The van der Waals surface area contributed by atoms with Crippen molar-refractivity contribution in [2.45, 2.75) is 25.7 Å². The standard InChI is InChI=1S/C18H17NO3S/c1-21-14-6-7-15-12(10-14)4-5-13-11-16(23-17(13)15)18(20)22-9-3-2-8-19/h6-7,10-11H,2-5,9H2,1H3. The van der Waals surface area contributed by atoms with E-state index in [1.165, 1.54) is 28.0 Å². The van der Waals surface area contributed by atoms with Crippen LogP contribution in [0.4, 0.5) is 0 Å². The smallest absolute Gasteiger partial charge is 0.348 e. The highest BCUT2D eigenvalue weighted by molar-refractivity contribution is 7.17. The van der Waals surface area contributed by atoms with E-state index in [0.29, 0.717) is 24.3 Å². The molecule has 1 heterocycles. The van der Waals surface area contributed by atoms with E-state index in [9.17, 15) is 4.79 Å². The van der Waals surface area contributed by atoms with Crippen molar-refractivity contribution in [3.05, 3.63) is 40.3 Å². The number of carbonyl (C=O) groups excluding carboxylic acids is 1. The molecular formula is C18H17NO3S. The molecular weight excluding hydrogens is 310 g/mol. The molecule has 23 heavy (non-hydrogen) atoms. The number of aryl methyl sites for hydroxylation is 2.